The van der Waals surface area contributed by atoms with Gasteiger partial charge in [-0.25, -0.2) is 4.99 Å². The monoisotopic (exact) mass is 451 g/mol. The van der Waals surface area contributed by atoms with Crippen LogP contribution in [0.3, 0.4) is 0 Å². The Morgan fingerprint density at radius 3 is 2.62 bits per heavy atom. The van der Waals surface area contributed by atoms with Gasteiger partial charge in [-0.1, -0.05) is 36.0 Å². The number of thioether (sulfide) groups is 1. The van der Waals surface area contributed by atoms with E-state index in [9.17, 15) is 14.4 Å². The van der Waals surface area contributed by atoms with Crippen LogP contribution in [0.2, 0.25) is 0 Å². The Labute approximate surface area is 188 Å². The first kappa shape index (κ1) is 21.6. The maximum absolute atomic E-state index is 12.7. The lowest BCUT2D eigenvalue weighted by Gasteiger charge is -2.30. The van der Waals surface area contributed by atoms with Crippen LogP contribution in [0.5, 0.6) is 5.75 Å². The fourth-order valence-electron chi connectivity index (χ4n) is 3.43. The molecule has 0 saturated carbocycles. The van der Waals surface area contributed by atoms with Crippen molar-refractivity contribution in [3.8, 4) is 5.75 Å². The summed E-state index contributed by atoms with van der Waals surface area (Å²) in [6.45, 7) is 0.317. The zero-order valence-electron chi connectivity index (χ0n) is 17.3. The topological polar surface area (TPSA) is 126 Å². The van der Waals surface area contributed by atoms with E-state index in [1.165, 1.54) is 0 Å². The number of benzene rings is 2. The molecule has 0 aliphatic carbocycles. The molecule has 0 saturated heterocycles. The summed E-state index contributed by atoms with van der Waals surface area (Å²) >= 11 is 1.12. The minimum atomic E-state index is -0.839. The molecule has 0 radical (unpaired) electrons. The van der Waals surface area contributed by atoms with Gasteiger partial charge in [0.1, 0.15) is 17.6 Å². The van der Waals surface area contributed by atoms with Gasteiger partial charge in [-0.05, 0) is 29.8 Å². The fraction of sp³-hybridized carbons (Fsp3) is 0.227. The molecule has 2 aromatic carbocycles. The van der Waals surface area contributed by atoms with Crippen LogP contribution in [-0.2, 0) is 20.9 Å². The van der Waals surface area contributed by atoms with E-state index < -0.39 is 17.9 Å². The highest BCUT2D eigenvalue weighted by atomic mass is 32.2. The Balaban J connectivity index is 1.50. The highest BCUT2D eigenvalue weighted by molar-refractivity contribution is 8.14. The first-order valence-corrected chi connectivity index (χ1v) is 10.9. The minimum absolute atomic E-state index is 0.00461. The summed E-state index contributed by atoms with van der Waals surface area (Å²) in [6.07, 6.45) is -0.0969. The summed E-state index contributed by atoms with van der Waals surface area (Å²) in [6, 6.07) is 13.8. The molecule has 3 amide bonds. The molecule has 164 valence electrons. The van der Waals surface area contributed by atoms with Crippen molar-refractivity contribution in [2.45, 2.75) is 19.0 Å². The third-order valence-corrected chi connectivity index (χ3v) is 5.95. The quantitative estimate of drug-likeness (QED) is 0.658. The number of aliphatic imine (C=N–C) groups is 2. The molecule has 4 rings (SSSR count). The average Bonchev–Trinajstić information content (AvgIpc) is 3.12. The molecule has 2 heterocycles. The average molecular weight is 452 g/mol. The number of methoxy groups -OCH3 is 1. The van der Waals surface area contributed by atoms with Gasteiger partial charge in [0.05, 0.1) is 25.0 Å². The molecule has 9 nitrogen and oxygen atoms in total. The first-order chi connectivity index (χ1) is 15.5. The van der Waals surface area contributed by atoms with Crippen molar-refractivity contribution >= 4 is 46.2 Å². The molecule has 0 fully saturated rings. The van der Waals surface area contributed by atoms with Gasteiger partial charge in [0.25, 0.3) is 5.91 Å². The van der Waals surface area contributed by atoms with Crippen LogP contribution >= 0.6 is 11.8 Å². The van der Waals surface area contributed by atoms with Crippen LogP contribution in [0.4, 0.5) is 5.69 Å². The fourth-order valence-corrected chi connectivity index (χ4v) is 4.22. The molecule has 10 heteroatoms. The maximum atomic E-state index is 12.7. The third-order valence-electron chi connectivity index (χ3n) is 4.98. The van der Waals surface area contributed by atoms with E-state index in [1.54, 1.807) is 18.1 Å². The normalized spacial score (nSPS) is 16.6. The number of nitrogens with two attached hydrogens (primary N) is 1. The number of hydrogen-bond acceptors (Lipinski definition) is 7. The summed E-state index contributed by atoms with van der Waals surface area (Å²) in [5.74, 6) is -0.0747. The van der Waals surface area contributed by atoms with Gasteiger partial charge in [-0.15, -0.1) is 0 Å². The van der Waals surface area contributed by atoms with Crippen molar-refractivity contribution in [2.24, 2.45) is 15.7 Å². The Kier molecular flexibility index (Phi) is 6.22. The van der Waals surface area contributed by atoms with E-state index in [2.05, 4.69) is 15.3 Å². The van der Waals surface area contributed by atoms with Crippen molar-refractivity contribution in [1.29, 1.82) is 0 Å². The summed E-state index contributed by atoms with van der Waals surface area (Å²) in [7, 11) is 1.59. The van der Waals surface area contributed by atoms with Crippen molar-refractivity contribution in [1.82, 2.24) is 10.2 Å². The number of hydrogen-bond donors (Lipinski definition) is 2. The van der Waals surface area contributed by atoms with Gasteiger partial charge < -0.3 is 15.8 Å². The van der Waals surface area contributed by atoms with E-state index in [0.29, 0.717) is 28.8 Å². The second kappa shape index (κ2) is 9.23. The van der Waals surface area contributed by atoms with E-state index in [0.717, 1.165) is 23.1 Å². The van der Waals surface area contributed by atoms with Gasteiger partial charge >= 0.3 is 0 Å². The molecule has 0 aromatic heterocycles. The molecule has 2 aliphatic heterocycles. The maximum Gasteiger partial charge on any atom is 0.271 e. The van der Waals surface area contributed by atoms with Crippen LogP contribution in [-0.4, -0.2) is 52.5 Å². The largest absolute Gasteiger partial charge is 0.497 e. The standard InChI is InChI=1S/C22H21N5O4S/c1-31-14-8-6-13(7-9-14)11-24-19(29)10-17-21(30)26-20-15-4-2-3-5-16(15)25-22(27(17)20)32-12-18(23)28/h2-9,17H,10-12H2,1H3,(H2,23,28)(H,24,29). The number of fused-ring (bicyclic) bond motifs is 3. The first-order valence-electron chi connectivity index (χ1n) is 9.87. The van der Waals surface area contributed by atoms with Crippen molar-refractivity contribution in [2.75, 3.05) is 12.9 Å². The smallest absolute Gasteiger partial charge is 0.271 e. The van der Waals surface area contributed by atoms with E-state index >= 15 is 0 Å². The lowest BCUT2D eigenvalue weighted by Crippen LogP contribution is -2.46. The highest BCUT2D eigenvalue weighted by Gasteiger charge is 2.42. The number of amides is 3. The number of nitrogens with one attached hydrogen (secondary N) is 1. The van der Waals surface area contributed by atoms with Crippen LogP contribution in [0.1, 0.15) is 17.5 Å². The summed E-state index contributed by atoms with van der Waals surface area (Å²) in [5, 5.41) is 3.25. The number of nitrogens with zero attached hydrogens (tertiary/aromatic N) is 3. The van der Waals surface area contributed by atoms with E-state index in [4.69, 9.17) is 10.5 Å². The van der Waals surface area contributed by atoms with E-state index in [-0.39, 0.29) is 18.1 Å². The van der Waals surface area contributed by atoms with Crippen molar-refractivity contribution in [3.05, 3.63) is 59.7 Å². The molecule has 1 unspecified atom stereocenters. The number of carbonyl (C=O) groups excluding carboxylic acids is 3. The number of amidine groups is 2. The predicted molar refractivity (Wildman–Crippen MR) is 122 cm³/mol. The molecule has 2 aromatic rings. The van der Waals surface area contributed by atoms with Gasteiger partial charge in [-0.2, -0.15) is 4.99 Å². The third kappa shape index (κ3) is 4.50. The van der Waals surface area contributed by atoms with E-state index in [1.807, 2.05) is 42.5 Å². The number of ether oxygens (including phenoxy) is 1. The zero-order valence-corrected chi connectivity index (χ0v) is 18.1. The Hall–Kier alpha value is -3.66. The van der Waals surface area contributed by atoms with Crippen molar-refractivity contribution < 1.29 is 19.1 Å². The highest BCUT2D eigenvalue weighted by Crippen LogP contribution is 2.34. The SMILES string of the molecule is COc1ccc(CNC(=O)CC2C(=O)N=C3c4ccccc4N=C(SCC(N)=O)N32)cc1. The number of primary amides is 1. The summed E-state index contributed by atoms with van der Waals surface area (Å²) in [5.41, 5.74) is 7.54. The zero-order chi connectivity index (χ0) is 22.7. The number of carbonyl (C=O) groups is 3. The van der Waals surface area contributed by atoms with Gasteiger partial charge in [0, 0.05) is 12.1 Å². The Morgan fingerprint density at radius 2 is 1.91 bits per heavy atom. The Bertz CT molecular complexity index is 1130. The van der Waals surface area contributed by atoms with Crippen molar-refractivity contribution in [3.63, 3.8) is 0 Å². The van der Waals surface area contributed by atoms with Crippen LogP contribution in [0, 0.1) is 0 Å². The molecular weight excluding hydrogens is 430 g/mol. The van der Waals surface area contributed by atoms with Gasteiger partial charge in [-0.3, -0.25) is 19.3 Å². The molecule has 32 heavy (non-hydrogen) atoms. The second-order valence-corrected chi connectivity index (χ2v) is 8.10. The summed E-state index contributed by atoms with van der Waals surface area (Å²) in [4.78, 5) is 47.1. The lowest BCUT2D eigenvalue weighted by atomic mass is 10.1. The number of para-hydroxylation sites is 1. The van der Waals surface area contributed by atoms with Gasteiger partial charge in [0.2, 0.25) is 11.8 Å². The number of rotatable bonds is 7. The molecule has 0 bridgehead atoms. The second-order valence-electron chi connectivity index (χ2n) is 7.15. The van der Waals surface area contributed by atoms with Crippen LogP contribution in [0.25, 0.3) is 0 Å². The predicted octanol–water partition coefficient (Wildman–Crippen LogP) is 1.58. The Morgan fingerprint density at radius 1 is 1.16 bits per heavy atom. The molecule has 1 atom stereocenters. The summed E-state index contributed by atoms with van der Waals surface area (Å²) < 4.78 is 5.13. The van der Waals surface area contributed by atoms with Crippen LogP contribution in [0.15, 0.2) is 58.5 Å². The lowest BCUT2D eigenvalue weighted by molar-refractivity contribution is -0.126. The van der Waals surface area contributed by atoms with Gasteiger partial charge in [0.15, 0.2) is 5.17 Å². The molecule has 0 spiro atoms. The van der Waals surface area contributed by atoms with Crippen LogP contribution < -0.4 is 15.8 Å². The minimum Gasteiger partial charge on any atom is -0.497 e. The molecular formula is C22H21N5O4S. The molecule has 2 aliphatic rings. The molecule has 3 N–H and O–H groups in total.